The Bertz CT molecular complexity index is 475. The van der Waals surface area contributed by atoms with Crippen molar-refractivity contribution in [2.24, 2.45) is 5.92 Å². The Morgan fingerprint density at radius 1 is 1.22 bits per heavy atom. The molecule has 2 atom stereocenters. The average molecular weight is 321 g/mol. The molecule has 5 heteroatoms. The first kappa shape index (κ1) is 19.0. The van der Waals surface area contributed by atoms with Crippen LogP contribution in [0.25, 0.3) is 0 Å². The molecule has 0 radical (unpaired) electrons. The SMILES string of the molecule is CCCCC(CC)CC(NC(=O)OCc1ccccc1)C(=O)O. The Kier molecular flexibility index (Phi) is 8.80. The van der Waals surface area contributed by atoms with Crippen molar-refractivity contribution < 1.29 is 19.4 Å². The summed E-state index contributed by atoms with van der Waals surface area (Å²) in [6, 6.07) is 8.39. The maximum atomic E-state index is 11.8. The number of nitrogens with one attached hydrogen (secondary N) is 1. The minimum absolute atomic E-state index is 0.131. The van der Waals surface area contributed by atoms with Crippen LogP contribution in [0.3, 0.4) is 0 Å². The second-order valence-electron chi connectivity index (χ2n) is 5.75. The number of aliphatic carboxylic acids is 1. The number of carboxylic acid groups (broad SMARTS) is 1. The normalized spacial score (nSPS) is 13.1. The molecule has 1 rings (SSSR count). The van der Waals surface area contributed by atoms with Crippen molar-refractivity contribution in [1.82, 2.24) is 5.32 Å². The highest BCUT2D eigenvalue weighted by Gasteiger charge is 2.24. The first-order valence-electron chi connectivity index (χ1n) is 8.26. The van der Waals surface area contributed by atoms with Gasteiger partial charge in [-0.15, -0.1) is 0 Å². The van der Waals surface area contributed by atoms with Crippen LogP contribution in [0.2, 0.25) is 0 Å². The molecular weight excluding hydrogens is 294 g/mol. The van der Waals surface area contributed by atoms with E-state index in [2.05, 4.69) is 12.2 Å². The Balaban J connectivity index is 2.47. The number of hydrogen-bond acceptors (Lipinski definition) is 3. The van der Waals surface area contributed by atoms with Gasteiger partial charge in [0.2, 0.25) is 0 Å². The highest BCUT2D eigenvalue weighted by Crippen LogP contribution is 2.19. The molecular formula is C18H27NO4. The molecule has 0 fully saturated rings. The lowest BCUT2D eigenvalue weighted by Gasteiger charge is -2.20. The van der Waals surface area contributed by atoms with E-state index in [-0.39, 0.29) is 6.61 Å². The van der Waals surface area contributed by atoms with Gasteiger partial charge in [0.1, 0.15) is 12.6 Å². The lowest BCUT2D eigenvalue weighted by atomic mass is 9.92. The summed E-state index contributed by atoms with van der Waals surface area (Å²) in [5.41, 5.74) is 0.865. The first-order chi connectivity index (χ1) is 11.1. The minimum atomic E-state index is -1.02. The zero-order valence-corrected chi connectivity index (χ0v) is 14.0. The van der Waals surface area contributed by atoms with Crippen LogP contribution in [0, 0.1) is 5.92 Å². The summed E-state index contributed by atoms with van der Waals surface area (Å²) in [4.78, 5) is 23.2. The standard InChI is InChI=1S/C18H27NO4/c1-3-5-9-14(4-2)12-16(17(20)21)19-18(22)23-13-15-10-7-6-8-11-15/h6-8,10-11,14,16H,3-5,9,12-13H2,1-2H3,(H,19,22)(H,20,21). The number of carboxylic acids is 1. The molecule has 2 unspecified atom stereocenters. The molecule has 128 valence electrons. The largest absolute Gasteiger partial charge is 0.480 e. The summed E-state index contributed by atoms with van der Waals surface area (Å²) in [5, 5.41) is 11.8. The van der Waals surface area contributed by atoms with Crippen molar-refractivity contribution in [3.63, 3.8) is 0 Å². The zero-order valence-electron chi connectivity index (χ0n) is 14.0. The van der Waals surface area contributed by atoms with Gasteiger partial charge in [0.05, 0.1) is 0 Å². The molecule has 0 saturated heterocycles. The van der Waals surface area contributed by atoms with Gasteiger partial charge in [-0.3, -0.25) is 0 Å². The third-order valence-corrected chi connectivity index (χ3v) is 3.92. The molecule has 0 aliphatic rings. The summed E-state index contributed by atoms with van der Waals surface area (Å²) in [6.07, 6.45) is 3.80. The molecule has 2 N–H and O–H groups in total. The van der Waals surface area contributed by atoms with Crippen LogP contribution >= 0.6 is 0 Å². The first-order valence-corrected chi connectivity index (χ1v) is 8.26. The van der Waals surface area contributed by atoms with E-state index in [4.69, 9.17) is 4.74 Å². The molecule has 0 bridgehead atoms. The van der Waals surface area contributed by atoms with Gasteiger partial charge in [-0.2, -0.15) is 0 Å². The molecule has 0 saturated carbocycles. The number of hydrogen-bond donors (Lipinski definition) is 2. The van der Waals surface area contributed by atoms with Crippen LogP contribution in [0.5, 0.6) is 0 Å². The van der Waals surface area contributed by atoms with Crippen LogP contribution in [-0.2, 0) is 16.1 Å². The van der Waals surface area contributed by atoms with Gasteiger partial charge in [-0.05, 0) is 17.9 Å². The second kappa shape index (κ2) is 10.6. The Morgan fingerprint density at radius 3 is 2.48 bits per heavy atom. The van der Waals surface area contributed by atoms with Crippen LogP contribution < -0.4 is 5.32 Å². The highest BCUT2D eigenvalue weighted by atomic mass is 16.5. The van der Waals surface area contributed by atoms with E-state index >= 15 is 0 Å². The van der Waals surface area contributed by atoms with E-state index in [9.17, 15) is 14.7 Å². The van der Waals surface area contributed by atoms with Gasteiger partial charge in [0.15, 0.2) is 0 Å². The predicted octanol–water partition coefficient (Wildman–Crippen LogP) is 3.97. The quantitative estimate of drug-likeness (QED) is 0.683. The number of carbonyl (C=O) groups is 2. The van der Waals surface area contributed by atoms with E-state index in [0.29, 0.717) is 12.3 Å². The number of alkyl carbamates (subject to hydrolysis) is 1. The third kappa shape index (κ3) is 7.68. The van der Waals surface area contributed by atoms with Crippen LogP contribution in [0.4, 0.5) is 4.79 Å². The fraction of sp³-hybridized carbons (Fsp3) is 0.556. The van der Waals surface area contributed by atoms with E-state index in [1.807, 2.05) is 37.3 Å². The second-order valence-corrected chi connectivity index (χ2v) is 5.75. The van der Waals surface area contributed by atoms with Crippen molar-refractivity contribution in [2.45, 2.75) is 58.6 Å². The number of ether oxygens (including phenoxy) is 1. The van der Waals surface area contributed by atoms with E-state index < -0.39 is 18.1 Å². The molecule has 0 heterocycles. The van der Waals surface area contributed by atoms with E-state index in [1.165, 1.54) is 0 Å². The summed E-state index contributed by atoms with van der Waals surface area (Å²) < 4.78 is 5.09. The highest BCUT2D eigenvalue weighted by molar-refractivity contribution is 5.79. The van der Waals surface area contributed by atoms with Gasteiger partial charge in [0.25, 0.3) is 0 Å². The molecule has 0 aliphatic heterocycles. The van der Waals surface area contributed by atoms with Gasteiger partial charge < -0.3 is 15.2 Å². The van der Waals surface area contributed by atoms with Crippen LogP contribution in [0.1, 0.15) is 51.5 Å². The van der Waals surface area contributed by atoms with Gasteiger partial charge in [0, 0.05) is 0 Å². The molecule has 1 amide bonds. The molecule has 1 aromatic rings. The minimum Gasteiger partial charge on any atom is -0.480 e. The van der Waals surface area contributed by atoms with Crippen molar-refractivity contribution in [2.75, 3.05) is 0 Å². The molecule has 23 heavy (non-hydrogen) atoms. The number of rotatable bonds is 10. The summed E-state index contributed by atoms with van der Waals surface area (Å²) in [5.74, 6) is -0.720. The van der Waals surface area contributed by atoms with Crippen molar-refractivity contribution in [3.8, 4) is 0 Å². The Hall–Kier alpha value is -2.04. The average Bonchev–Trinajstić information content (AvgIpc) is 2.56. The van der Waals surface area contributed by atoms with Gasteiger partial charge in [-0.25, -0.2) is 9.59 Å². The molecule has 0 aliphatic carbocycles. The van der Waals surface area contributed by atoms with Crippen molar-refractivity contribution in [3.05, 3.63) is 35.9 Å². The number of benzene rings is 1. The van der Waals surface area contributed by atoms with Gasteiger partial charge in [-0.1, -0.05) is 69.9 Å². The number of amides is 1. The summed E-state index contributed by atoms with van der Waals surface area (Å²) in [6.45, 7) is 4.29. The summed E-state index contributed by atoms with van der Waals surface area (Å²) in [7, 11) is 0. The zero-order chi connectivity index (χ0) is 17.1. The smallest absolute Gasteiger partial charge is 0.408 e. The molecule has 0 spiro atoms. The summed E-state index contributed by atoms with van der Waals surface area (Å²) >= 11 is 0. The topological polar surface area (TPSA) is 75.6 Å². The number of carbonyl (C=O) groups excluding carboxylic acids is 1. The van der Waals surface area contributed by atoms with Crippen LogP contribution in [0.15, 0.2) is 30.3 Å². The Labute approximate surface area is 138 Å². The molecule has 5 nitrogen and oxygen atoms in total. The van der Waals surface area contributed by atoms with Crippen molar-refractivity contribution >= 4 is 12.1 Å². The maximum Gasteiger partial charge on any atom is 0.408 e. The Morgan fingerprint density at radius 2 is 1.91 bits per heavy atom. The van der Waals surface area contributed by atoms with E-state index in [1.54, 1.807) is 0 Å². The predicted molar refractivity (Wildman–Crippen MR) is 89.1 cm³/mol. The van der Waals surface area contributed by atoms with E-state index in [0.717, 1.165) is 31.2 Å². The molecule has 0 aromatic heterocycles. The van der Waals surface area contributed by atoms with Crippen LogP contribution in [-0.4, -0.2) is 23.2 Å². The lowest BCUT2D eigenvalue weighted by Crippen LogP contribution is -2.42. The fourth-order valence-electron chi connectivity index (χ4n) is 2.44. The number of unbranched alkanes of at least 4 members (excludes halogenated alkanes) is 1. The maximum absolute atomic E-state index is 11.8. The molecule has 1 aromatic carbocycles. The fourth-order valence-corrected chi connectivity index (χ4v) is 2.44. The monoisotopic (exact) mass is 321 g/mol. The third-order valence-electron chi connectivity index (χ3n) is 3.92. The van der Waals surface area contributed by atoms with Gasteiger partial charge >= 0.3 is 12.1 Å². The lowest BCUT2D eigenvalue weighted by molar-refractivity contribution is -0.139. The van der Waals surface area contributed by atoms with Crippen molar-refractivity contribution in [1.29, 1.82) is 0 Å².